The van der Waals surface area contributed by atoms with Gasteiger partial charge < -0.3 is 9.80 Å². The fraction of sp³-hybridized carbons (Fsp3) is 0.333. The van der Waals surface area contributed by atoms with Crippen LogP contribution in [0.15, 0.2) is 30.3 Å². The SMILES string of the molecule is Cc1ccc(C(=O)N2CCN(C(=O)Cc3ccc(Cl)c(Cl)c3)CC2)s1. The molecule has 0 unspecified atom stereocenters. The van der Waals surface area contributed by atoms with Crippen molar-refractivity contribution in [3.8, 4) is 0 Å². The van der Waals surface area contributed by atoms with Crippen LogP contribution in [-0.4, -0.2) is 47.8 Å². The van der Waals surface area contributed by atoms with Gasteiger partial charge in [-0.1, -0.05) is 29.3 Å². The topological polar surface area (TPSA) is 40.6 Å². The zero-order valence-electron chi connectivity index (χ0n) is 13.8. The lowest BCUT2D eigenvalue weighted by molar-refractivity contribution is -0.131. The molecule has 2 aromatic rings. The number of thiophene rings is 1. The zero-order valence-corrected chi connectivity index (χ0v) is 16.1. The van der Waals surface area contributed by atoms with Gasteiger partial charge in [-0.2, -0.15) is 0 Å². The Balaban J connectivity index is 1.55. The van der Waals surface area contributed by atoms with Gasteiger partial charge in [0.15, 0.2) is 0 Å². The molecule has 1 aromatic heterocycles. The van der Waals surface area contributed by atoms with E-state index < -0.39 is 0 Å². The van der Waals surface area contributed by atoms with Gasteiger partial charge in [-0.15, -0.1) is 11.3 Å². The molecule has 25 heavy (non-hydrogen) atoms. The van der Waals surface area contributed by atoms with Gasteiger partial charge >= 0.3 is 0 Å². The van der Waals surface area contributed by atoms with Crippen molar-refractivity contribution >= 4 is 46.4 Å². The second kappa shape index (κ2) is 7.77. The third-order valence-electron chi connectivity index (χ3n) is 4.21. The summed E-state index contributed by atoms with van der Waals surface area (Å²) in [4.78, 5) is 30.4. The first-order valence-electron chi connectivity index (χ1n) is 8.01. The maximum atomic E-state index is 12.5. The molecule has 0 radical (unpaired) electrons. The van der Waals surface area contributed by atoms with E-state index in [-0.39, 0.29) is 18.2 Å². The monoisotopic (exact) mass is 396 g/mol. The maximum absolute atomic E-state index is 12.5. The fourth-order valence-corrected chi connectivity index (χ4v) is 3.96. The van der Waals surface area contributed by atoms with E-state index >= 15 is 0 Å². The molecule has 4 nitrogen and oxygen atoms in total. The highest BCUT2D eigenvalue weighted by Crippen LogP contribution is 2.23. The highest BCUT2D eigenvalue weighted by molar-refractivity contribution is 7.13. The van der Waals surface area contributed by atoms with E-state index in [1.54, 1.807) is 17.0 Å². The Hall–Kier alpha value is -1.56. The van der Waals surface area contributed by atoms with Crippen LogP contribution in [0.1, 0.15) is 20.1 Å². The molecule has 0 spiro atoms. The first-order valence-corrected chi connectivity index (χ1v) is 9.58. The maximum Gasteiger partial charge on any atom is 0.264 e. The number of amides is 2. The molecule has 2 amide bonds. The van der Waals surface area contributed by atoms with Crippen LogP contribution in [0.2, 0.25) is 10.0 Å². The van der Waals surface area contributed by atoms with Crippen LogP contribution in [0.25, 0.3) is 0 Å². The van der Waals surface area contributed by atoms with Gasteiger partial charge in [0, 0.05) is 31.1 Å². The Morgan fingerprint density at radius 1 is 1.00 bits per heavy atom. The van der Waals surface area contributed by atoms with Crippen molar-refractivity contribution in [2.45, 2.75) is 13.3 Å². The predicted octanol–water partition coefficient (Wildman–Crippen LogP) is 3.89. The van der Waals surface area contributed by atoms with E-state index in [1.165, 1.54) is 11.3 Å². The lowest BCUT2D eigenvalue weighted by atomic mass is 10.1. The van der Waals surface area contributed by atoms with Gasteiger partial charge in [0.1, 0.15) is 0 Å². The van der Waals surface area contributed by atoms with E-state index in [4.69, 9.17) is 23.2 Å². The summed E-state index contributed by atoms with van der Waals surface area (Å²) in [6, 6.07) is 9.05. The van der Waals surface area contributed by atoms with Crippen molar-refractivity contribution in [2.24, 2.45) is 0 Å². The normalized spacial score (nSPS) is 14.7. The van der Waals surface area contributed by atoms with Gasteiger partial charge in [-0.3, -0.25) is 9.59 Å². The molecule has 1 aliphatic heterocycles. The summed E-state index contributed by atoms with van der Waals surface area (Å²) in [6.07, 6.45) is 0.287. The lowest BCUT2D eigenvalue weighted by Crippen LogP contribution is -2.50. The van der Waals surface area contributed by atoms with Gasteiger partial charge in [0.05, 0.1) is 21.3 Å². The van der Waals surface area contributed by atoms with Crippen LogP contribution in [-0.2, 0) is 11.2 Å². The van der Waals surface area contributed by atoms with Crippen LogP contribution in [0.4, 0.5) is 0 Å². The highest BCUT2D eigenvalue weighted by atomic mass is 35.5. The van der Waals surface area contributed by atoms with Crippen LogP contribution in [0.5, 0.6) is 0 Å². The second-order valence-electron chi connectivity index (χ2n) is 6.01. The summed E-state index contributed by atoms with van der Waals surface area (Å²) >= 11 is 13.4. The molecule has 1 aliphatic rings. The summed E-state index contributed by atoms with van der Waals surface area (Å²) in [5, 5.41) is 0.933. The van der Waals surface area contributed by atoms with Crippen molar-refractivity contribution in [3.05, 3.63) is 55.7 Å². The molecule has 0 N–H and O–H groups in total. The minimum atomic E-state index is 0.0393. The van der Waals surface area contributed by atoms with Crippen molar-refractivity contribution in [1.29, 1.82) is 0 Å². The zero-order chi connectivity index (χ0) is 18.0. The minimum Gasteiger partial charge on any atom is -0.339 e. The molecule has 1 saturated heterocycles. The molecule has 2 heterocycles. The smallest absolute Gasteiger partial charge is 0.264 e. The molecule has 0 saturated carbocycles. The van der Waals surface area contributed by atoms with E-state index in [0.717, 1.165) is 15.3 Å². The van der Waals surface area contributed by atoms with Crippen molar-refractivity contribution < 1.29 is 9.59 Å². The summed E-state index contributed by atoms with van der Waals surface area (Å²) in [5.74, 6) is 0.0899. The molecule has 132 valence electrons. The molecule has 0 atom stereocenters. The number of hydrogen-bond acceptors (Lipinski definition) is 3. The second-order valence-corrected chi connectivity index (χ2v) is 8.11. The quantitative estimate of drug-likeness (QED) is 0.789. The van der Waals surface area contributed by atoms with Gasteiger partial charge in [0.25, 0.3) is 5.91 Å². The van der Waals surface area contributed by atoms with E-state index in [9.17, 15) is 9.59 Å². The summed E-state index contributed by atoms with van der Waals surface area (Å²) < 4.78 is 0. The first kappa shape index (κ1) is 18.2. The van der Waals surface area contributed by atoms with Gasteiger partial charge in [-0.05, 0) is 36.8 Å². The summed E-state index contributed by atoms with van der Waals surface area (Å²) in [6.45, 7) is 4.21. The Kier molecular flexibility index (Phi) is 5.67. The standard InChI is InChI=1S/C18H18Cl2N2O2S/c1-12-2-5-16(25-12)18(24)22-8-6-21(7-9-22)17(23)11-13-3-4-14(19)15(20)10-13/h2-5,10H,6-9,11H2,1H3. The number of halogens is 2. The fourth-order valence-electron chi connectivity index (χ4n) is 2.80. The average Bonchev–Trinajstić information content (AvgIpc) is 3.04. The van der Waals surface area contributed by atoms with Crippen LogP contribution >= 0.6 is 34.5 Å². The predicted molar refractivity (Wildman–Crippen MR) is 102 cm³/mol. The number of carbonyl (C=O) groups excluding carboxylic acids is 2. The Bertz CT molecular complexity index is 798. The van der Waals surface area contributed by atoms with E-state index in [0.29, 0.717) is 36.2 Å². The highest BCUT2D eigenvalue weighted by Gasteiger charge is 2.25. The van der Waals surface area contributed by atoms with Crippen LogP contribution in [0, 0.1) is 6.92 Å². The van der Waals surface area contributed by atoms with Gasteiger partial charge in [-0.25, -0.2) is 0 Å². The molecule has 0 aliphatic carbocycles. The van der Waals surface area contributed by atoms with Gasteiger partial charge in [0.2, 0.25) is 5.91 Å². The molecule has 1 aromatic carbocycles. The number of carbonyl (C=O) groups is 2. The third-order valence-corrected chi connectivity index (χ3v) is 5.94. The Morgan fingerprint density at radius 3 is 2.28 bits per heavy atom. The Morgan fingerprint density at radius 2 is 1.68 bits per heavy atom. The molecule has 3 rings (SSSR count). The molecular weight excluding hydrogens is 379 g/mol. The number of rotatable bonds is 3. The number of benzene rings is 1. The number of aryl methyl sites for hydroxylation is 1. The molecule has 7 heteroatoms. The minimum absolute atomic E-state index is 0.0393. The van der Waals surface area contributed by atoms with Crippen molar-refractivity contribution in [2.75, 3.05) is 26.2 Å². The molecule has 0 bridgehead atoms. The van der Waals surface area contributed by atoms with E-state index in [1.807, 2.05) is 30.0 Å². The molecular formula is C18H18Cl2N2O2S. The third kappa shape index (κ3) is 4.35. The van der Waals surface area contributed by atoms with Crippen molar-refractivity contribution in [1.82, 2.24) is 9.80 Å². The summed E-state index contributed by atoms with van der Waals surface area (Å²) in [7, 11) is 0. The summed E-state index contributed by atoms with van der Waals surface area (Å²) in [5.41, 5.74) is 0.840. The number of piperazine rings is 1. The average molecular weight is 397 g/mol. The Labute approximate surface area is 160 Å². The van der Waals surface area contributed by atoms with E-state index in [2.05, 4.69) is 0 Å². The lowest BCUT2D eigenvalue weighted by Gasteiger charge is -2.34. The van der Waals surface area contributed by atoms with Crippen LogP contribution < -0.4 is 0 Å². The largest absolute Gasteiger partial charge is 0.339 e. The molecule has 1 fully saturated rings. The number of hydrogen-bond donors (Lipinski definition) is 0. The first-order chi connectivity index (χ1) is 11.9. The van der Waals surface area contributed by atoms with Crippen molar-refractivity contribution in [3.63, 3.8) is 0 Å². The van der Waals surface area contributed by atoms with Crippen LogP contribution in [0.3, 0.4) is 0 Å². The number of nitrogens with zero attached hydrogens (tertiary/aromatic N) is 2.